The first-order chi connectivity index (χ1) is 7.17. The van der Waals surface area contributed by atoms with Gasteiger partial charge in [0.15, 0.2) is 0 Å². The van der Waals surface area contributed by atoms with E-state index in [4.69, 9.17) is 5.73 Å². The van der Waals surface area contributed by atoms with Gasteiger partial charge in [-0.05, 0) is 43.4 Å². The summed E-state index contributed by atoms with van der Waals surface area (Å²) in [4.78, 5) is 3.85. The van der Waals surface area contributed by atoms with Gasteiger partial charge in [-0.3, -0.25) is 0 Å². The average molecular weight is 226 g/mol. The molecule has 0 aliphatic carbocycles. The predicted octanol–water partition coefficient (Wildman–Crippen LogP) is 2.47. The lowest BCUT2D eigenvalue weighted by Gasteiger charge is -2.21. The summed E-state index contributed by atoms with van der Waals surface area (Å²) in [6.07, 6.45) is 1.17. The van der Waals surface area contributed by atoms with Crippen LogP contribution in [-0.4, -0.2) is 25.0 Å². The van der Waals surface area contributed by atoms with E-state index in [0.29, 0.717) is 5.92 Å². The van der Waals surface area contributed by atoms with Crippen LogP contribution >= 0.6 is 11.3 Å². The van der Waals surface area contributed by atoms with Crippen molar-refractivity contribution in [3.8, 4) is 0 Å². The molecule has 0 aliphatic rings. The molecule has 2 N–H and O–H groups in total. The van der Waals surface area contributed by atoms with Crippen LogP contribution in [0.4, 0.5) is 0 Å². The summed E-state index contributed by atoms with van der Waals surface area (Å²) in [5, 5.41) is 2.17. The Morgan fingerprint density at radius 3 is 2.73 bits per heavy atom. The normalized spacial score (nSPS) is 13.4. The highest BCUT2D eigenvalue weighted by molar-refractivity contribution is 7.10. The van der Waals surface area contributed by atoms with Crippen LogP contribution in [0.3, 0.4) is 0 Å². The molecule has 1 heterocycles. The van der Waals surface area contributed by atoms with Crippen molar-refractivity contribution >= 4 is 11.3 Å². The van der Waals surface area contributed by atoms with Gasteiger partial charge in [0.25, 0.3) is 0 Å². The summed E-state index contributed by atoms with van der Waals surface area (Å²) in [5.41, 5.74) is 7.12. The highest BCUT2D eigenvalue weighted by atomic mass is 32.1. The van der Waals surface area contributed by atoms with Crippen LogP contribution < -0.4 is 5.73 Å². The van der Waals surface area contributed by atoms with Gasteiger partial charge in [-0.1, -0.05) is 13.3 Å². The summed E-state index contributed by atoms with van der Waals surface area (Å²) in [5.74, 6) is 0.635. The molecule has 86 valence electrons. The Balaban J connectivity index is 2.42. The van der Waals surface area contributed by atoms with Gasteiger partial charge < -0.3 is 10.6 Å². The van der Waals surface area contributed by atoms with Gasteiger partial charge >= 0.3 is 0 Å². The van der Waals surface area contributed by atoms with Crippen molar-refractivity contribution in [3.05, 3.63) is 21.9 Å². The van der Waals surface area contributed by atoms with Gasteiger partial charge in [-0.2, -0.15) is 0 Å². The molecule has 0 radical (unpaired) electrons. The van der Waals surface area contributed by atoms with E-state index in [1.54, 1.807) is 0 Å². The van der Waals surface area contributed by atoms with Crippen molar-refractivity contribution < 1.29 is 0 Å². The summed E-state index contributed by atoms with van der Waals surface area (Å²) in [6, 6.07) is 2.19. The minimum atomic E-state index is 0.635. The van der Waals surface area contributed by atoms with E-state index in [1.807, 2.05) is 11.3 Å². The second kappa shape index (κ2) is 6.26. The SMILES string of the molecule is CCC(CN)CN(C)Cc1sccc1C. The third-order valence-electron chi connectivity index (χ3n) is 2.86. The molecule has 1 atom stereocenters. The van der Waals surface area contributed by atoms with E-state index in [1.165, 1.54) is 16.9 Å². The largest absolute Gasteiger partial charge is 0.330 e. The first kappa shape index (κ1) is 12.7. The molecule has 1 aromatic rings. The van der Waals surface area contributed by atoms with E-state index in [0.717, 1.165) is 19.6 Å². The van der Waals surface area contributed by atoms with E-state index < -0.39 is 0 Å². The van der Waals surface area contributed by atoms with E-state index >= 15 is 0 Å². The molecule has 0 spiro atoms. The molecule has 1 rings (SSSR count). The lowest BCUT2D eigenvalue weighted by molar-refractivity contribution is 0.269. The van der Waals surface area contributed by atoms with Crippen molar-refractivity contribution in [2.75, 3.05) is 20.1 Å². The van der Waals surface area contributed by atoms with Crippen LogP contribution in [-0.2, 0) is 6.54 Å². The van der Waals surface area contributed by atoms with Gasteiger partial charge in [0, 0.05) is 18.0 Å². The van der Waals surface area contributed by atoms with Gasteiger partial charge in [-0.15, -0.1) is 11.3 Å². The molecule has 0 saturated heterocycles. The minimum absolute atomic E-state index is 0.635. The number of nitrogens with two attached hydrogens (primary N) is 1. The Hall–Kier alpha value is -0.380. The first-order valence-corrected chi connectivity index (χ1v) is 6.46. The van der Waals surface area contributed by atoms with Crippen LogP contribution in [0.1, 0.15) is 23.8 Å². The number of hydrogen-bond acceptors (Lipinski definition) is 3. The van der Waals surface area contributed by atoms with Crippen LogP contribution in [0.15, 0.2) is 11.4 Å². The third-order valence-corrected chi connectivity index (χ3v) is 3.87. The minimum Gasteiger partial charge on any atom is -0.330 e. The molecule has 0 saturated carbocycles. The fourth-order valence-electron chi connectivity index (χ4n) is 1.69. The zero-order valence-electron chi connectivity index (χ0n) is 9.99. The molecule has 3 heteroatoms. The van der Waals surface area contributed by atoms with E-state index in [9.17, 15) is 0 Å². The Morgan fingerprint density at radius 1 is 1.53 bits per heavy atom. The maximum absolute atomic E-state index is 5.71. The molecule has 2 nitrogen and oxygen atoms in total. The maximum atomic E-state index is 5.71. The molecule has 1 aromatic heterocycles. The average Bonchev–Trinajstić information content (AvgIpc) is 2.61. The molecule has 0 bridgehead atoms. The van der Waals surface area contributed by atoms with Crippen LogP contribution in [0.2, 0.25) is 0 Å². The molecule has 0 fully saturated rings. The molecule has 0 amide bonds. The van der Waals surface area contributed by atoms with E-state index in [-0.39, 0.29) is 0 Å². The first-order valence-electron chi connectivity index (χ1n) is 5.59. The summed E-state index contributed by atoms with van der Waals surface area (Å²) in [7, 11) is 2.18. The van der Waals surface area contributed by atoms with Crippen molar-refractivity contribution in [2.24, 2.45) is 11.7 Å². The number of nitrogens with zero attached hydrogens (tertiary/aromatic N) is 1. The number of aryl methyl sites for hydroxylation is 1. The summed E-state index contributed by atoms with van der Waals surface area (Å²) in [6.45, 7) is 7.34. The lowest BCUT2D eigenvalue weighted by Crippen LogP contribution is -2.29. The maximum Gasteiger partial charge on any atom is 0.0327 e. The fraction of sp³-hybridized carbons (Fsp3) is 0.667. The van der Waals surface area contributed by atoms with Gasteiger partial charge in [0.05, 0.1) is 0 Å². The smallest absolute Gasteiger partial charge is 0.0327 e. The Labute approximate surface area is 97.1 Å². The molecular formula is C12H22N2S. The predicted molar refractivity (Wildman–Crippen MR) is 68.2 cm³/mol. The zero-order chi connectivity index (χ0) is 11.3. The summed E-state index contributed by atoms with van der Waals surface area (Å²) < 4.78 is 0. The van der Waals surface area contributed by atoms with Gasteiger partial charge in [0.1, 0.15) is 0 Å². The Bertz CT molecular complexity index is 279. The lowest BCUT2D eigenvalue weighted by atomic mass is 10.1. The monoisotopic (exact) mass is 226 g/mol. The Morgan fingerprint density at radius 2 is 2.27 bits per heavy atom. The molecule has 15 heavy (non-hydrogen) atoms. The van der Waals surface area contributed by atoms with Crippen LogP contribution in [0, 0.1) is 12.8 Å². The molecule has 0 aliphatic heterocycles. The molecule has 0 aromatic carbocycles. The number of thiophene rings is 1. The van der Waals surface area contributed by atoms with Crippen molar-refractivity contribution in [1.82, 2.24) is 4.90 Å². The van der Waals surface area contributed by atoms with Crippen LogP contribution in [0.5, 0.6) is 0 Å². The Kier molecular flexibility index (Phi) is 5.29. The standard InChI is InChI=1S/C12H22N2S/c1-4-11(7-13)8-14(3)9-12-10(2)5-6-15-12/h5-6,11H,4,7-9,13H2,1-3H3. The fourth-order valence-corrected chi connectivity index (χ4v) is 2.67. The number of rotatable bonds is 6. The van der Waals surface area contributed by atoms with Gasteiger partial charge in [0.2, 0.25) is 0 Å². The van der Waals surface area contributed by atoms with Gasteiger partial charge in [-0.25, -0.2) is 0 Å². The summed E-state index contributed by atoms with van der Waals surface area (Å²) >= 11 is 1.85. The molecule has 1 unspecified atom stereocenters. The third kappa shape index (κ3) is 3.93. The van der Waals surface area contributed by atoms with E-state index in [2.05, 4.69) is 37.2 Å². The topological polar surface area (TPSA) is 29.3 Å². The quantitative estimate of drug-likeness (QED) is 0.807. The van der Waals surface area contributed by atoms with Crippen molar-refractivity contribution in [3.63, 3.8) is 0 Å². The molecular weight excluding hydrogens is 204 g/mol. The second-order valence-electron chi connectivity index (χ2n) is 4.23. The second-order valence-corrected chi connectivity index (χ2v) is 5.23. The highest BCUT2D eigenvalue weighted by Gasteiger charge is 2.09. The van der Waals surface area contributed by atoms with Crippen molar-refractivity contribution in [1.29, 1.82) is 0 Å². The zero-order valence-corrected chi connectivity index (χ0v) is 10.8. The van der Waals surface area contributed by atoms with Crippen molar-refractivity contribution in [2.45, 2.75) is 26.8 Å². The highest BCUT2D eigenvalue weighted by Crippen LogP contribution is 2.17. The van der Waals surface area contributed by atoms with Crippen LogP contribution in [0.25, 0.3) is 0 Å². The number of hydrogen-bond donors (Lipinski definition) is 1.